The van der Waals surface area contributed by atoms with Crippen LogP contribution in [0.25, 0.3) is 0 Å². The highest BCUT2D eigenvalue weighted by Gasteiger charge is 2.40. The molecule has 2 unspecified atom stereocenters. The van der Waals surface area contributed by atoms with Crippen molar-refractivity contribution in [3.63, 3.8) is 0 Å². The van der Waals surface area contributed by atoms with Crippen LogP contribution in [0.15, 0.2) is 12.4 Å². The van der Waals surface area contributed by atoms with Gasteiger partial charge >= 0.3 is 0 Å². The van der Waals surface area contributed by atoms with Gasteiger partial charge in [0.25, 0.3) is 0 Å². The van der Waals surface area contributed by atoms with E-state index in [1.54, 1.807) is 12.4 Å². The van der Waals surface area contributed by atoms with Crippen molar-refractivity contribution in [2.45, 2.75) is 18.9 Å². The molecule has 3 rings (SSSR count). The zero-order valence-electron chi connectivity index (χ0n) is 8.50. The van der Waals surface area contributed by atoms with E-state index in [-0.39, 0.29) is 0 Å². The third kappa shape index (κ3) is 1.25. The third-order valence-corrected chi connectivity index (χ3v) is 3.67. The predicted octanol–water partition coefficient (Wildman–Crippen LogP) is 0.791. The van der Waals surface area contributed by atoms with Crippen LogP contribution in [0.5, 0.6) is 0 Å². The van der Waals surface area contributed by atoms with Gasteiger partial charge in [0.15, 0.2) is 0 Å². The van der Waals surface area contributed by atoms with Crippen molar-refractivity contribution in [2.24, 2.45) is 11.8 Å². The van der Waals surface area contributed by atoms with Crippen LogP contribution in [0.2, 0.25) is 0 Å². The summed E-state index contributed by atoms with van der Waals surface area (Å²) in [6.07, 6.45) is 6.09. The van der Waals surface area contributed by atoms with Crippen molar-refractivity contribution in [1.29, 1.82) is 0 Å². The molecule has 2 atom stereocenters. The fraction of sp³-hybridized carbons (Fsp3) is 0.800. The normalized spacial score (nSPS) is 37.6. The Kier molecular flexibility index (Phi) is 1.83. The monoisotopic (exact) mass is 192 g/mol. The molecule has 1 saturated carbocycles. The molecule has 4 nitrogen and oxygen atoms in total. The maximum Gasteiger partial charge on any atom is 0.0722 e. The molecule has 1 aromatic rings. The van der Waals surface area contributed by atoms with Gasteiger partial charge in [0, 0.05) is 13.1 Å². The van der Waals surface area contributed by atoms with Crippen molar-refractivity contribution in [3.8, 4) is 0 Å². The van der Waals surface area contributed by atoms with Crippen LogP contribution in [-0.4, -0.2) is 40.0 Å². The lowest BCUT2D eigenvalue weighted by molar-refractivity contribution is 0.328. The first kappa shape index (κ1) is 8.41. The molecule has 1 aromatic heterocycles. The first-order chi connectivity index (χ1) is 6.83. The summed E-state index contributed by atoms with van der Waals surface area (Å²) in [4.78, 5) is 4.35. The summed E-state index contributed by atoms with van der Waals surface area (Å²) in [7, 11) is 2.22. The zero-order chi connectivity index (χ0) is 9.54. The van der Waals surface area contributed by atoms with Gasteiger partial charge in [0.05, 0.1) is 18.4 Å². The third-order valence-electron chi connectivity index (χ3n) is 3.67. The standard InChI is InChI=1S/C10H16N4/c1-13-6-8-4-10(5-9(8)7-13)14-11-2-3-12-14/h2-3,8-10H,4-7H2,1H3. The van der Waals surface area contributed by atoms with Crippen molar-refractivity contribution >= 4 is 0 Å². The van der Waals surface area contributed by atoms with Crippen LogP contribution >= 0.6 is 0 Å². The second-order valence-electron chi connectivity index (χ2n) is 4.72. The summed E-state index contributed by atoms with van der Waals surface area (Å²) in [6, 6.07) is 0.564. The molecule has 76 valence electrons. The average molecular weight is 192 g/mol. The van der Waals surface area contributed by atoms with Crippen LogP contribution in [-0.2, 0) is 0 Å². The summed E-state index contributed by atoms with van der Waals surface area (Å²) in [5.41, 5.74) is 0. The van der Waals surface area contributed by atoms with Gasteiger partial charge in [-0.15, -0.1) is 0 Å². The van der Waals surface area contributed by atoms with Crippen LogP contribution in [0.3, 0.4) is 0 Å². The van der Waals surface area contributed by atoms with E-state index >= 15 is 0 Å². The molecule has 0 aromatic carbocycles. The Bertz CT molecular complexity index is 294. The van der Waals surface area contributed by atoms with Gasteiger partial charge in [-0.05, 0) is 31.7 Å². The van der Waals surface area contributed by atoms with Gasteiger partial charge in [0.1, 0.15) is 0 Å². The molecule has 0 bridgehead atoms. The Morgan fingerprint density at radius 1 is 1.07 bits per heavy atom. The molecule has 2 aliphatic rings. The van der Waals surface area contributed by atoms with Crippen LogP contribution in [0, 0.1) is 11.8 Å². The minimum Gasteiger partial charge on any atom is -0.306 e. The number of rotatable bonds is 1. The van der Waals surface area contributed by atoms with Crippen LogP contribution in [0.1, 0.15) is 18.9 Å². The van der Waals surface area contributed by atoms with E-state index in [1.807, 2.05) is 4.80 Å². The molecule has 4 heteroatoms. The first-order valence-corrected chi connectivity index (χ1v) is 5.37. The topological polar surface area (TPSA) is 34.0 Å². The summed E-state index contributed by atoms with van der Waals surface area (Å²) in [5, 5.41) is 8.47. The first-order valence-electron chi connectivity index (χ1n) is 5.37. The molecule has 0 spiro atoms. The van der Waals surface area contributed by atoms with Crippen molar-refractivity contribution in [2.75, 3.05) is 20.1 Å². The van der Waals surface area contributed by atoms with Gasteiger partial charge in [-0.25, -0.2) is 0 Å². The zero-order valence-corrected chi connectivity index (χ0v) is 8.50. The Balaban J connectivity index is 1.73. The SMILES string of the molecule is CN1CC2CC(n3nccn3)CC2C1. The molecule has 2 fully saturated rings. The molecule has 1 aliphatic carbocycles. The fourth-order valence-electron chi connectivity index (χ4n) is 3.11. The second-order valence-corrected chi connectivity index (χ2v) is 4.72. The Morgan fingerprint density at radius 2 is 1.64 bits per heavy atom. The van der Waals surface area contributed by atoms with Gasteiger partial charge in [-0.3, -0.25) is 0 Å². The van der Waals surface area contributed by atoms with E-state index in [0.717, 1.165) is 11.8 Å². The Morgan fingerprint density at radius 3 is 2.21 bits per heavy atom. The quantitative estimate of drug-likeness (QED) is 0.659. The molecular formula is C10H16N4. The average Bonchev–Trinajstić information content (AvgIpc) is 2.74. The molecule has 0 radical (unpaired) electrons. The number of hydrogen-bond donors (Lipinski definition) is 0. The Hall–Kier alpha value is -0.900. The van der Waals surface area contributed by atoms with Crippen LogP contribution < -0.4 is 0 Å². The van der Waals surface area contributed by atoms with E-state index in [0.29, 0.717) is 6.04 Å². The van der Waals surface area contributed by atoms with E-state index in [4.69, 9.17) is 0 Å². The van der Waals surface area contributed by atoms with Gasteiger partial charge in [0.2, 0.25) is 0 Å². The van der Waals surface area contributed by atoms with E-state index in [1.165, 1.54) is 25.9 Å². The minimum absolute atomic E-state index is 0.564. The molecule has 0 N–H and O–H groups in total. The largest absolute Gasteiger partial charge is 0.306 e. The van der Waals surface area contributed by atoms with Crippen molar-refractivity contribution in [1.82, 2.24) is 19.9 Å². The van der Waals surface area contributed by atoms with Crippen molar-refractivity contribution < 1.29 is 0 Å². The van der Waals surface area contributed by atoms with Gasteiger partial charge in [-0.2, -0.15) is 15.0 Å². The summed E-state index contributed by atoms with van der Waals surface area (Å²) in [6.45, 7) is 2.53. The summed E-state index contributed by atoms with van der Waals surface area (Å²) < 4.78 is 0. The molecule has 0 amide bonds. The molecule has 14 heavy (non-hydrogen) atoms. The summed E-state index contributed by atoms with van der Waals surface area (Å²) in [5.74, 6) is 1.77. The lowest BCUT2D eigenvalue weighted by atomic mass is 10.0. The van der Waals surface area contributed by atoms with E-state index < -0.39 is 0 Å². The molecule has 1 saturated heterocycles. The van der Waals surface area contributed by atoms with Gasteiger partial charge < -0.3 is 4.90 Å². The lowest BCUT2D eigenvalue weighted by Gasteiger charge is -2.13. The fourth-order valence-corrected chi connectivity index (χ4v) is 3.11. The van der Waals surface area contributed by atoms with Gasteiger partial charge in [-0.1, -0.05) is 0 Å². The highest BCUT2D eigenvalue weighted by molar-refractivity contribution is 4.92. The maximum atomic E-state index is 4.24. The van der Waals surface area contributed by atoms with Crippen molar-refractivity contribution in [3.05, 3.63) is 12.4 Å². The highest BCUT2D eigenvalue weighted by atomic mass is 15.5. The smallest absolute Gasteiger partial charge is 0.0722 e. The second kappa shape index (κ2) is 3.05. The number of likely N-dealkylation sites (tertiary alicyclic amines) is 1. The number of fused-ring (bicyclic) bond motifs is 1. The van der Waals surface area contributed by atoms with E-state index in [9.17, 15) is 0 Å². The summed E-state index contributed by atoms with van der Waals surface area (Å²) >= 11 is 0. The lowest BCUT2D eigenvalue weighted by Crippen LogP contribution is -2.18. The minimum atomic E-state index is 0.564. The van der Waals surface area contributed by atoms with Crippen LogP contribution in [0.4, 0.5) is 0 Å². The van der Waals surface area contributed by atoms with E-state index in [2.05, 4.69) is 22.1 Å². The Labute approximate surface area is 83.9 Å². The molecular weight excluding hydrogens is 176 g/mol. The maximum absolute atomic E-state index is 4.24. The number of nitrogens with zero attached hydrogens (tertiary/aromatic N) is 4. The molecule has 1 aliphatic heterocycles. The number of aromatic nitrogens is 3. The highest BCUT2D eigenvalue weighted by Crippen LogP contribution is 2.42. The molecule has 2 heterocycles. The number of hydrogen-bond acceptors (Lipinski definition) is 3. The predicted molar refractivity (Wildman–Crippen MR) is 52.8 cm³/mol.